The van der Waals surface area contributed by atoms with Gasteiger partial charge in [-0.3, -0.25) is 9.59 Å². The number of rotatable bonds is 2. The summed E-state index contributed by atoms with van der Waals surface area (Å²) in [5.74, 6) is -0.103. The smallest absolute Gasteiger partial charge is 0.245 e. The van der Waals surface area contributed by atoms with E-state index in [-0.39, 0.29) is 30.3 Å². The first kappa shape index (κ1) is 16.2. The maximum absolute atomic E-state index is 12.3. The predicted molar refractivity (Wildman–Crippen MR) is 73.3 cm³/mol. The Labute approximate surface area is 119 Å². The first-order chi connectivity index (χ1) is 8.51. The Balaban J connectivity index is 0.00000180. The SMILES string of the molecule is CC1(C)C(=O)NCCN1C(=O)CC1CNCCO1.Cl. The van der Waals surface area contributed by atoms with Crippen LogP contribution in [0.15, 0.2) is 0 Å². The Morgan fingerprint density at radius 3 is 2.84 bits per heavy atom. The molecule has 2 fully saturated rings. The molecule has 2 heterocycles. The van der Waals surface area contributed by atoms with Crippen molar-refractivity contribution in [1.82, 2.24) is 15.5 Å². The minimum Gasteiger partial charge on any atom is -0.375 e. The summed E-state index contributed by atoms with van der Waals surface area (Å²) in [4.78, 5) is 25.7. The molecular formula is C12H22ClN3O3. The normalized spacial score (nSPS) is 26.3. The third-order valence-corrected chi connectivity index (χ3v) is 3.56. The highest BCUT2D eigenvalue weighted by molar-refractivity contribution is 5.92. The van der Waals surface area contributed by atoms with Gasteiger partial charge in [-0.15, -0.1) is 12.4 Å². The number of halogens is 1. The number of carbonyl (C=O) groups is 2. The molecule has 0 aromatic rings. The van der Waals surface area contributed by atoms with Crippen molar-refractivity contribution in [3.05, 3.63) is 0 Å². The number of carbonyl (C=O) groups excluding carboxylic acids is 2. The average molecular weight is 292 g/mol. The summed E-state index contributed by atoms with van der Waals surface area (Å²) < 4.78 is 5.52. The molecule has 0 radical (unpaired) electrons. The molecule has 0 bridgehead atoms. The van der Waals surface area contributed by atoms with Crippen molar-refractivity contribution in [2.75, 3.05) is 32.8 Å². The van der Waals surface area contributed by atoms with Crippen molar-refractivity contribution in [2.45, 2.75) is 31.9 Å². The van der Waals surface area contributed by atoms with Gasteiger partial charge < -0.3 is 20.3 Å². The molecule has 0 aromatic heterocycles. The van der Waals surface area contributed by atoms with Gasteiger partial charge in [0.2, 0.25) is 11.8 Å². The van der Waals surface area contributed by atoms with Crippen LogP contribution in [0.5, 0.6) is 0 Å². The van der Waals surface area contributed by atoms with E-state index >= 15 is 0 Å². The first-order valence-electron chi connectivity index (χ1n) is 6.43. The average Bonchev–Trinajstić information content (AvgIpc) is 2.33. The number of amides is 2. The molecule has 1 atom stereocenters. The number of ether oxygens (including phenoxy) is 1. The monoisotopic (exact) mass is 291 g/mol. The topological polar surface area (TPSA) is 70.7 Å². The molecule has 0 spiro atoms. The molecule has 0 saturated carbocycles. The van der Waals surface area contributed by atoms with Crippen molar-refractivity contribution in [3.8, 4) is 0 Å². The molecule has 6 nitrogen and oxygen atoms in total. The third kappa shape index (κ3) is 3.58. The number of nitrogens with zero attached hydrogens (tertiary/aromatic N) is 1. The third-order valence-electron chi connectivity index (χ3n) is 3.56. The van der Waals surface area contributed by atoms with Gasteiger partial charge in [0.25, 0.3) is 0 Å². The van der Waals surface area contributed by atoms with Crippen LogP contribution in [0.4, 0.5) is 0 Å². The van der Waals surface area contributed by atoms with Crippen LogP contribution in [0.3, 0.4) is 0 Å². The second-order valence-corrected chi connectivity index (χ2v) is 5.26. The lowest BCUT2D eigenvalue weighted by atomic mass is 9.98. The number of piperazine rings is 1. The van der Waals surface area contributed by atoms with E-state index in [1.54, 1.807) is 18.7 Å². The molecule has 2 N–H and O–H groups in total. The van der Waals surface area contributed by atoms with Crippen molar-refractivity contribution in [1.29, 1.82) is 0 Å². The van der Waals surface area contributed by atoms with Crippen molar-refractivity contribution >= 4 is 24.2 Å². The van der Waals surface area contributed by atoms with Gasteiger partial charge in [0, 0.05) is 26.2 Å². The van der Waals surface area contributed by atoms with Crippen LogP contribution < -0.4 is 10.6 Å². The highest BCUT2D eigenvalue weighted by atomic mass is 35.5. The lowest BCUT2D eigenvalue weighted by Gasteiger charge is -2.41. The summed E-state index contributed by atoms with van der Waals surface area (Å²) >= 11 is 0. The maximum atomic E-state index is 12.3. The Bertz CT molecular complexity index is 343. The van der Waals surface area contributed by atoms with Crippen LogP contribution in [0.25, 0.3) is 0 Å². The molecule has 19 heavy (non-hydrogen) atoms. The molecule has 2 rings (SSSR count). The lowest BCUT2D eigenvalue weighted by Crippen LogP contribution is -2.63. The molecule has 2 aliphatic heterocycles. The zero-order chi connectivity index (χ0) is 13.2. The zero-order valence-corrected chi connectivity index (χ0v) is 12.2. The minimum atomic E-state index is -0.766. The molecule has 2 saturated heterocycles. The fourth-order valence-corrected chi connectivity index (χ4v) is 2.39. The summed E-state index contributed by atoms with van der Waals surface area (Å²) in [5.41, 5.74) is -0.766. The molecule has 2 aliphatic rings. The van der Waals surface area contributed by atoms with E-state index in [0.29, 0.717) is 32.7 Å². The zero-order valence-electron chi connectivity index (χ0n) is 11.4. The highest BCUT2D eigenvalue weighted by Crippen LogP contribution is 2.19. The number of nitrogens with one attached hydrogen (secondary N) is 2. The summed E-state index contributed by atoms with van der Waals surface area (Å²) in [6.07, 6.45) is 0.260. The van der Waals surface area contributed by atoms with Crippen LogP contribution in [0.2, 0.25) is 0 Å². The molecule has 2 amide bonds. The first-order valence-corrected chi connectivity index (χ1v) is 6.43. The number of morpholine rings is 1. The van der Waals surface area contributed by atoms with E-state index in [1.807, 2.05) is 0 Å². The van der Waals surface area contributed by atoms with Crippen LogP contribution in [-0.4, -0.2) is 61.1 Å². The lowest BCUT2D eigenvalue weighted by molar-refractivity contribution is -0.151. The van der Waals surface area contributed by atoms with E-state index in [0.717, 1.165) is 6.54 Å². The van der Waals surface area contributed by atoms with Gasteiger partial charge in [0.05, 0.1) is 19.1 Å². The molecule has 1 unspecified atom stereocenters. The van der Waals surface area contributed by atoms with Crippen LogP contribution in [0.1, 0.15) is 20.3 Å². The van der Waals surface area contributed by atoms with Gasteiger partial charge in [-0.25, -0.2) is 0 Å². The molecule has 0 aromatic carbocycles. The molecule has 110 valence electrons. The van der Waals surface area contributed by atoms with Crippen molar-refractivity contribution in [3.63, 3.8) is 0 Å². The van der Waals surface area contributed by atoms with Gasteiger partial charge in [0.15, 0.2) is 0 Å². The Kier molecular flexibility index (Phi) is 5.58. The van der Waals surface area contributed by atoms with E-state index in [2.05, 4.69) is 10.6 Å². The second-order valence-electron chi connectivity index (χ2n) is 5.26. The van der Waals surface area contributed by atoms with Crippen LogP contribution in [0, 0.1) is 0 Å². The summed E-state index contributed by atoms with van der Waals surface area (Å²) in [6, 6.07) is 0. The van der Waals surface area contributed by atoms with Gasteiger partial charge in [-0.05, 0) is 13.8 Å². The van der Waals surface area contributed by atoms with E-state index < -0.39 is 5.54 Å². The highest BCUT2D eigenvalue weighted by Gasteiger charge is 2.40. The Morgan fingerprint density at radius 1 is 1.47 bits per heavy atom. The summed E-state index contributed by atoms with van der Waals surface area (Å²) in [5, 5.41) is 5.98. The number of hydrogen-bond donors (Lipinski definition) is 2. The summed E-state index contributed by atoms with van der Waals surface area (Å²) in [6.45, 7) is 6.82. The Morgan fingerprint density at radius 2 is 2.21 bits per heavy atom. The second kappa shape index (κ2) is 6.54. The van der Waals surface area contributed by atoms with Gasteiger partial charge in [-0.1, -0.05) is 0 Å². The van der Waals surface area contributed by atoms with Crippen LogP contribution >= 0.6 is 12.4 Å². The van der Waals surface area contributed by atoms with Crippen molar-refractivity contribution < 1.29 is 14.3 Å². The molecule has 7 heteroatoms. The molecular weight excluding hydrogens is 270 g/mol. The van der Waals surface area contributed by atoms with Gasteiger partial charge in [0.1, 0.15) is 5.54 Å². The Hall–Kier alpha value is -0.850. The summed E-state index contributed by atoms with van der Waals surface area (Å²) in [7, 11) is 0. The van der Waals surface area contributed by atoms with E-state index in [4.69, 9.17) is 4.74 Å². The quantitative estimate of drug-likeness (QED) is 0.721. The van der Waals surface area contributed by atoms with Crippen molar-refractivity contribution in [2.24, 2.45) is 0 Å². The largest absolute Gasteiger partial charge is 0.375 e. The molecule has 0 aliphatic carbocycles. The van der Waals surface area contributed by atoms with E-state index in [1.165, 1.54) is 0 Å². The predicted octanol–water partition coefficient (Wildman–Crippen LogP) is -0.476. The fraction of sp³-hybridized carbons (Fsp3) is 0.833. The maximum Gasteiger partial charge on any atom is 0.245 e. The number of hydrogen-bond acceptors (Lipinski definition) is 4. The van der Waals surface area contributed by atoms with Gasteiger partial charge >= 0.3 is 0 Å². The van der Waals surface area contributed by atoms with E-state index in [9.17, 15) is 9.59 Å². The van der Waals surface area contributed by atoms with Crippen LogP contribution in [-0.2, 0) is 14.3 Å². The fourth-order valence-electron chi connectivity index (χ4n) is 2.39. The minimum absolute atomic E-state index is 0. The van der Waals surface area contributed by atoms with Gasteiger partial charge in [-0.2, -0.15) is 0 Å². The standard InChI is InChI=1S/C12H21N3O3.ClH/c1-12(2)11(17)14-3-5-15(12)10(16)7-9-8-13-4-6-18-9;/h9,13H,3-8H2,1-2H3,(H,14,17);1H.